The smallest absolute Gasteiger partial charge is 0.287 e. The third kappa shape index (κ3) is 4.05. The molecule has 1 aliphatic rings. The standard InChI is InChI=1S/C26H23N3O4/c1-16-23-21(28-29-25(30)20-11-4-8-17-7-2-3-10-19(17)20)12-5-13-22(23)33-24(16)26(31)27-15-18-9-6-14-32-18/h2-4,6-11,14H,5,12-13,15H2,1H3,(H,27,31)(H,29,30)/b28-21+. The van der Waals surface area contributed by atoms with Crippen LogP contribution in [0.2, 0.25) is 0 Å². The Hall–Kier alpha value is -4.13. The van der Waals surface area contributed by atoms with Gasteiger partial charge < -0.3 is 14.2 Å². The number of furan rings is 2. The molecule has 166 valence electrons. The second-order valence-electron chi connectivity index (χ2n) is 8.00. The predicted molar refractivity (Wildman–Crippen MR) is 124 cm³/mol. The van der Waals surface area contributed by atoms with Crippen molar-refractivity contribution in [1.82, 2.24) is 10.7 Å². The van der Waals surface area contributed by atoms with E-state index in [1.165, 1.54) is 0 Å². The first-order valence-corrected chi connectivity index (χ1v) is 10.9. The van der Waals surface area contributed by atoms with Gasteiger partial charge >= 0.3 is 0 Å². The third-order valence-corrected chi connectivity index (χ3v) is 5.86. The first-order valence-electron chi connectivity index (χ1n) is 10.9. The van der Waals surface area contributed by atoms with Gasteiger partial charge in [0.05, 0.1) is 18.5 Å². The van der Waals surface area contributed by atoms with Crippen LogP contribution < -0.4 is 10.7 Å². The van der Waals surface area contributed by atoms with E-state index < -0.39 is 0 Å². The molecule has 0 fully saturated rings. The fourth-order valence-corrected chi connectivity index (χ4v) is 4.26. The van der Waals surface area contributed by atoms with Gasteiger partial charge in [-0.2, -0.15) is 5.10 Å². The van der Waals surface area contributed by atoms with Crippen LogP contribution in [0.15, 0.2) is 74.8 Å². The summed E-state index contributed by atoms with van der Waals surface area (Å²) in [7, 11) is 0. The normalized spacial score (nSPS) is 14.3. The number of carbonyl (C=O) groups is 2. The number of benzene rings is 2. The van der Waals surface area contributed by atoms with Gasteiger partial charge in [0.2, 0.25) is 0 Å². The van der Waals surface area contributed by atoms with Crippen molar-refractivity contribution in [2.75, 3.05) is 0 Å². The minimum atomic E-state index is -0.308. The van der Waals surface area contributed by atoms with Crippen molar-refractivity contribution in [3.8, 4) is 0 Å². The highest BCUT2D eigenvalue weighted by Gasteiger charge is 2.28. The molecular formula is C26H23N3O4. The average Bonchev–Trinajstić information content (AvgIpc) is 3.49. The fourth-order valence-electron chi connectivity index (χ4n) is 4.26. The van der Waals surface area contributed by atoms with E-state index in [9.17, 15) is 9.59 Å². The van der Waals surface area contributed by atoms with Crippen LogP contribution in [0.25, 0.3) is 10.8 Å². The highest BCUT2D eigenvalue weighted by atomic mass is 16.4. The monoisotopic (exact) mass is 441 g/mol. The maximum atomic E-state index is 12.9. The molecule has 0 bridgehead atoms. The molecule has 2 heterocycles. The summed E-state index contributed by atoms with van der Waals surface area (Å²) in [5, 5.41) is 9.12. The molecular weight excluding hydrogens is 418 g/mol. The first kappa shape index (κ1) is 20.8. The van der Waals surface area contributed by atoms with Crippen LogP contribution in [0.1, 0.15) is 56.4 Å². The van der Waals surface area contributed by atoms with Crippen LogP contribution in [0, 0.1) is 6.92 Å². The molecule has 4 aromatic rings. The molecule has 0 atom stereocenters. The van der Waals surface area contributed by atoms with Crippen LogP contribution in [-0.2, 0) is 13.0 Å². The van der Waals surface area contributed by atoms with Gasteiger partial charge in [0.1, 0.15) is 11.5 Å². The number of hydrogen-bond acceptors (Lipinski definition) is 5. The van der Waals surface area contributed by atoms with Gasteiger partial charge in [-0.15, -0.1) is 0 Å². The van der Waals surface area contributed by atoms with E-state index in [1.807, 2.05) is 43.3 Å². The minimum absolute atomic E-state index is 0.265. The number of aryl methyl sites for hydroxylation is 1. The van der Waals surface area contributed by atoms with Crippen LogP contribution in [0.5, 0.6) is 0 Å². The summed E-state index contributed by atoms with van der Waals surface area (Å²) >= 11 is 0. The Kier molecular flexibility index (Phi) is 5.52. The summed E-state index contributed by atoms with van der Waals surface area (Å²) in [5.41, 5.74) is 5.52. The van der Waals surface area contributed by atoms with E-state index in [-0.39, 0.29) is 24.1 Å². The summed E-state index contributed by atoms with van der Waals surface area (Å²) in [6.45, 7) is 2.12. The lowest BCUT2D eigenvalue weighted by molar-refractivity contribution is 0.0916. The SMILES string of the molecule is Cc1c(C(=O)NCc2ccco2)oc2c1/C(=N/NC(=O)c1cccc3ccccc13)CCC2. The van der Waals surface area contributed by atoms with Crippen molar-refractivity contribution in [2.45, 2.75) is 32.7 Å². The minimum Gasteiger partial charge on any atom is -0.467 e. The fraction of sp³-hybridized carbons (Fsp3) is 0.192. The largest absolute Gasteiger partial charge is 0.467 e. The van der Waals surface area contributed by atoms with Crippen LogP contribution >= 0.6 is 0 Å². The molecule has 2 N–H and O–H groups in total. The van der Waals surface area contributed by atoms with Gasteiger partial charge in [0, 0.05) is 23.1 Å². The average molecular weight is 441 g/mol. The molecule has 0 spiro atoms. The lowest BCUT2D eigenvalue weighted by Gasteiger charge is -2.13. The summed E-state index contributed by atoms with van der Waals surface area (Å²) < 4.78 is 11.2. The van der Waals surface area contributed by atoms with Crippen LogP contribution in [0.4, 0.5) is 0 Å². The zero-order valence-corrected chi connectivity index (χ0v) is 18.2. The number of hydrazone groups is 1. The van der Waals surface area contributed by atoms with E-state index in [2.05, 4.69) is 15.8 Å². The molecule has 0 radical (unpaired) electrons. The Morgan fingerprint density at radius 2 is 1.85 bits per heavy atom. The van der Waals surface area contributed by atoms with Crippen LogP contribution in [0.3, 0.4) is 0 Å². The van der Waals surface area contributed by atoms with Crippen molar-refractivity contribution in [2.24, 2.45) is 5.10 Å². The molecule has 2 amide bonds. The lowest BCUT2D eigenvalue weighted by Crippen LogP contribution is -2.23. The number of carbonyl (C=O) groups excluding carboxylic acids is 2. The van der Waals surface area contributed by atoms with Crippen molar-refractivity contribution in [3.63, 3.8) is 0 Å². The van der Waals surface area contributed by atoms with Gasteiger partial charge in [0.25, 0.3) is 11.8 Å². The topological polar surface area (TPSA) is 96.8 Å². The Morgan fingerprint density at radius 1 is 1.00 bits per heavy atom. The van der Waals surface area contributed by atoms with Crippen molar-refractivity contribution in [1.29, 1.82) is 0 Å². The van der Waals surface area contributed by atoms with Gasteiger partial charge in [-0.05, 0) is 48.7 Å². The second-order valence-corrected chi connectivity index (χ2v) is 8.00. The third-order valence-electron chi connectivity index (χ3n) is 5.86. The highest BCUT2D eigenvalue weighted by molar-refractivity contribution is 6.09. The zero-order chi connectivity index (χ0) is 22.8. The lowest BCUT2D eigenvalue weighted by atomic mass is 9.93. The number of nitrogens with one attached hydrogen (secondary N) is 2. The number of amides is 2. The molecule has 7 nitrogen and oxygen atoms in total. The molecule has 1 aliphatic carbocycles. The number of hydrogen-bond donors (Lipinski definition) is 2. The van der Waals surface area contributed by atoms with E-state index in [0.29, 0.717) is 17.7 Å². The van der Waals surface area contributed by atoms with E-state index in [4.69, 9.17) is 8.83 Å². The van der Waals surface area contributed by atoms with Gasteiger partial charge in [-0.3, -0.25) is 9.59 Å². The molecule has 2 aromatic carbocycles. The summed E-state index contributed by atoms with van der Waals surface area (Å²) in [6, 6.07) is 16.9. The van der Waals surface area contributed by atoms with Crippen molar-refractivity contribution < 1.29 is 18.4 Å². The maximum Gasteiger partial charge on any atom is 0.287 e. The van der Waals surface area contributed by atoms with Gasteiger partial charge in [-0.25, -0.2) is 5.43 Å². The second kappa shape index (κ2) is 8.78. The predicted octanol–water partition coefficient (Wildman–Crippen LogP) is 4.73. The molecule has 0 aliphatic heterocycles. The molecule has 0 unspecified atom stereocenters. The van der Waals surface area contributed by atoms with Crippen LogP contribution in [-0.4, -0.2) is 17.5 Å². The number of fused-ring (bicyclic) bond motifs is 2. The van der Waals surface area contributed by atoms with E-state index in [1.54, 1.807) is 24.5 Å². The quantitative estimate of drug-likeness (QED) is 0.438. The number of nitrogens with zero attached hydrogens (tertiary/aromatic N) is 1. The molecule has 0 saturated carbocycles. The van der Waals surface area contributed by atoms with E-state index >= 15 is 0 Å². The Morgan fingerprint density at radius 3 is 2.70 bits per heavy atom. The van der Waals surface area contributed by atoms with Crippen molar-refractivity contribution in [3.05, 3.63) is 94.8 Å². The van der Waals surface area contributed by atoms with Crippen molar-refractivity contribution >= 4 is 28.3 Å². The Balaban J connectivity index is 1.37. The zero-order valence-electron chi connectivity index (χ0n) is 18.2. The molecule has 7 heteroatoms. The van der Waals surface area contributed by atoms with Gasteiger partial charge in [0.15, 0.2) is 5.76 Å². The summed E-state index contributed by atoms with van der Waals surface area (Å²) in [6.07, 6.45) is 3.80. The van der Waals surface area contributed by atoms with E-state index in [0.717, 1.165) is 46.2 Å². The molecule has 5 rings (SSSR count). The van der Waals surface area contributed by atoms with Gasteiger partial charge in [-0.1, -0.05) is 36.4 Å². The Labute approximate surface area is 190 Å². The summed E-state index contributed by atoms with van der Waals surface area (Å²) in [5.74, 6) is 1.07. The molecule has 33 heavy (non-hydrogen) atoms. The molecule has 0 saturated heterocycles. The summed E-state index contributed by atoms with van der Waals surface area (Å²) in [4.78, 5) is 25.6. The Bertz CT molecular complexity index is 1360. The molecule has 2 aromatic heterocycles. The first-order chi connectivity index (χ1) is 16.1. The maximum absolute atomic E-state index is 12.9. The number of rotatable bonds is 5. The highest BCUT2D eigenvalue weighted by Crippen LogP contribution is 2.30.